The molecule has 2 aromatic carbocycles. The van der Waals surface area contributed by atoms with Gasteiger partial charge in [0, 0.05) is 5.56 Å². The zero-order valence-corrected chi connectivity index (χ0v) is 16.4. The lowest BCUT2D eigenvalue weighted by Crippen LogP contribution is -2.05. The molecule has 0 spiro atoms. The third kappa shape index (κ3) is 6.09. The van der Waals surface area contributed by atoms with Crippen LogP contribution in [-0.2, 0) is 4.74 Å². The van der Waals surface area contributed by atoms with E-state index in [2.05, 4.69) is 22.0 Å². The lowest BCUT2D eigenvalue weighted by Gasteiger charge is -2.02. The molecule has 0 radical (unpaired) electrons. The normalized spacial score (nSPS) is 10.1. The molecule has 3 rings (SSSR count). The van der Waals surface area contributed by atoms with Crippen molar-refractivity contribution < 1.29 is 23.1 Å². The summed E-state index contributed by atoms with van der Waals surface area (Å²) < 4.78 is 29.0. The molecule has 8 heteroatoms. The van der Waals surface area contributed by atoms with Gasteiger partial charge in [-0.2, -0.15) is 0 Å². The Kier molecular flexibility index (Phi) is 7.25. The summed E-state index contributed by atoms with van der Waals surface area (Å²) in [4.78, 5) is 11.7. The second-order valence-corrected chi connectivity index (χ2v) is 6.49. The van der Waals surface area contributed by atoms with Gasteiger partial charge in [-0.1, -0.05) is 29.7 Å². The summed E-state index contributed by atoms with van der Waals surface area (Å²) >= 11 is 1.28. The van der Waals surface area contributed by atoms with Gasteiger partial charge in [-0.05, 0) is 49.4 Å². The molecule has 29 heavy (non-hydrogen) atoms. The number of rotatable bonds is 7. The molecule has 6 nitrogen and oxygen atoms in total. The van der Waals surface area contributed by atoms with Crippen LogP contribution in [0.2, 0.25) is 0 Å². The van der Waals surface area contributed by atoms with Crippen molar-refractivity contribution in [3.05, 3.63) is 59.9 Å². The van der Waals surface area contributed by atoms with E-state index in [9.17, 15) is 9.18 Å². The second-order valence-electron chi connectivity index (χ2n) is 5.56. The average Bonchev–Trinajstić information content (AvgIpc) is 3.20. The SMILES string of the molecule is CCOc1ccc(-c2nnc(SCC#CCOC(=O)c3cccc(F)c3)o2)cc1. The van der Waals surface area contributed by atoms with E-state index >= 15 is 0 Å². The van der Waals surface area contributed by atoms with Crippen LogP contribution >= 0.6 is 11.8 Å². The highest BCUT2D eigenvalue weighted by molar-refractivity contribution is 7.99. The molecule has 0 atom stereocenters. The Labute approximate surface area is 171 Å². The molecule has 3 aromatic rings. The Hall–Kier alpha value is -3.31. The van der Waals surface area contributed by atoms with E-state index in [1.165, 1.54) is 30.0 Å². The van der Waals surface area contributed by atoms with Gasteiger partial charge in [0.25, 0.3) is 5.22 Å². The van der Waals surface area contributed by atoms with Crippen molar-refractivity contribution >= 4 is 17.7 Å². The van der Waals surface area contributed by atoms with E-state index in [0.29, 0.717) is 23.5 Å². The van der Waals surface area contributed by atoms with E-state index in [-0.39, 0.29) is 12.2 Å². The van der Waals surface area contributed by atoms with Crippen molar-refractivity contribution in [2.75, 3.05) is 19.0 Å². The number of benzene rings is 2. The van der Waals surface area contributed by atoms with Crippen LogP contribution in [0, 0.1) is 17.7 Å². The van der Waals surface area contributed by atoms with Crippen molar-refractivity contribution in [3.8, 4) is 29.0 Å². The molecule has 0 aliphatic heterocycles. The third-order valence-corrected chi connectivity index (χ3v) is 4.25. The van der Waals surface area contributed by atoms with Gasteiger partial charge in [0.05, 0.1) is 17.9 Å². The molecule has 1 heterocycles. The van der Waals surface area contributed by atoms with Crippen LogP contribution in [0.4, 0.5) is 4.39 Å². The number of carbonyl (C=O) groups excluding carboxylic acids is 1. The summed E-state index contributed by atoms with van der Waals surface area (Å²) in [5.41, 5.74) is 0.942. The van der Waals surface area contributed by atoms with Gasteiger partial charge in [0.15, 0.2) is 6.61 Å². The number of ether oxygens (including phenoxy) is 2. The fourth-order valence-electron chi connectivity index (χ4n) is 2.25. The second kappa shape index (κ2) is 10.3. The largest absolute Gasteiger partial charge is 0.494 e. The van der Waals surface area contributed by atoms with Crippen LogP contribution < -0.4 is 4.74 Å². The molecular weight excluding hydrogens is 395 g/mol. The number of esters is 1. The van der Waals surface area contributed by atoms with E-state index in [0.717, 1.165) is 17.4 Å². The van der Waals surface area contributed by atoms with Crippen molar-refractivity contribution in [2.24, 2.45) is 0 Å². The zero-order valence-electron chi connectivity index (χ0n) is 15.6. The van der Waals surface area contributed by atoms with Crippen LogP contribution in [0.5, 0.6) is 5.75 Å². The molecule has 0 saturated carbocycles. The summed E-state index contributed by atoms with van der Waals surface area (Å²) in [7, 11) is 0. The van der Waals surface area contributed by atoms with Gasteiger partial charge in [0.2, 0.25) is 5.89 Å². The van der Waals surface area contributed by atoms with Crippen molar-refractivity contribution in [3.63, 3.8) is 0 Å². The van der Waals surface area contributed by atoms with E-state index < -0.39 is 11.8 Å². The highest BCUT2D eigenvalue weighted by atomic mass is 32.2. The van der Waals surface area contributed by atoms with Crippen molar-refractivity contribution in [1.29, 1.82) is 0 Å². The smallest absolute Gasteiger partial charge is 0.339 e. The Balaban J connectivity index is 1.44. The maximum atomic E-state index is 13.1. The minimum absolute atomic E-state index is 0.0861. The molecule has 0 saturated heterocycles. The van der Waals surface area contributed by atoms with Crippen LogP contribution in [0.25, 0.3) is 11.5 Å². The number of hydrogen-bond donors (Lipinski definition) is 0. The van der Waals surface area contributed by atoms with Crippen molar-refractivity contribution in [2.45, 2.75) is 12.1 Å². The molecule has 0 fully saturated rings. The lowest BCUT2D eigenvalue weighted by molar-refractivity contribution is 0.0556. The Morgan fingerprint density at radius 1 is 1.17 bits per heavy atom. The van der Waals surface area contributed by atoms with Gasteiger partial charge < -0.3 is 13.9 Å². The molecule has 1 aromatic heterocycles. The average molecular weight is 412 g/mol. The van der Waals surface area contributed by atoms with Gasteiger partial charge in [-0.15, -0.1) is 10.2 Å². The summed E-state index contributed by atoms with van der Waals surface area (Å²) in [6.45, 7) is 2.44. The van der Waals surface area contributed by atoms with Gasteiger partial charge in [-0.3, -0.25) is 0 Å². The van der Waals surface area contributed by atoms with E-state index in [4.69, 9.17) is 13.9 Å². The fourth-order valence-corrected chi connectivity index (χ4v) is 2.78. The number of aromatic nitrogens is 2. The zero-order chi connectivity index (χ0) is 20.5. The van der Waals surface area contributed by atoms with Crippen LogP contribution in [0.1, 0.15) is 17.3 Å². The first-order valence-corrected chi connectivity index (χ1v) is 9.72. The summed E-state index contributed by atoms with van der Waals surface area (Å²) in [5.74, 6) is 6.02. The minimum atomic E-state index is -0.622. The first kappa shape index (κ1) is 20.4. The van der Waals surface area contributed by atoms with E-state index in [1.54, 1.807) is 0 Å². The molecule has 0 bridgehead atoms. The quantitative estimate of drug-likeness (QED) is 0.327. The summed E-state index contributed by atoms with van der Waals surface area (Å²) in [5, 5.41) is 8.38. The van der Waals surface area contributed by atoms with Crippen LogP contribution in [-0.4, -0.2) is 35.1 Å². The topological polar surface area (TPSA) is 74.5 Å². The molecule has 0 aliphatic carbocycles. The standard InChI is InChI=1S/C21H17FN2O4S/c1-2-26-18-10-8-15(9-11-18)19-23-24-21(28-19)29-13-4-3-12-27-20(25)16-6-5-7-17(22)14-16/h5-11,14H,2,12-13H2,1H3. The molecule has 0 unspecified atom stereocenters. The fraction of sp³-hybridized carbons (Fsp3) is 0.190. The Morgan fingerprint density at radius 2 is 2.00 bits per heavy atom. The number of halogens is 1. The lowest BCUT2D eigenvalue weighted by atomic mass is 10.2. The number of hydrogen-bond acceptors (Lipinski definition) is 7. The van der Waals surface area contributed by atoms with Crippen LogP contribution in [0.3, 0.4) is 0 Å². The van der Waals surface area contributed by atoms with E-state index in [1.807, 2.05) is 31.2 Å². The predicted octanol–water partition coefficient (Wildman–Crippen LogP) is 4.23. The molecule has 0 amide bonds. The predicted molar refractivity (Wildman–Crippen MR) is 106 cm³/mol. The molecule has 0 N–H and O–H groups in total. The van der Waals surface area contributed by atoms with Gasteiger partial charge in [0.1, 0.15) is 11.6 Å². The Morgan fingerprint density at radius 3 is 2.76 bits per heavy atom. The molecule has 148 valence electrons. The van der Waals surface area contributed by atoms with Crippen molar-refractivity contribution in [1.82, 2.24) is 10.2 Å². The maximum Gasteiger partial charge on any atom is 0.339 e. The highest BCUT2D eigenvalue weighted by Gasteiger charge is 2.09. The molecular formula is C21H17FN2O4S. The number of carbonyl (C=O) groups is 1. The summed E-state index contributed by atoms with van der Waals surface area (Å²) in [6, 6.07) is 12.7. The first-order valence-electron chi connectivity index (χ1n) is 8.73. The number of nitrogens with zero attached hydrogens (tertiary/aromatic N) is 2. The first-order chi connectivity index (χ1) is 14.2. The van der Waals surface area contributed by atoms with Gasteiger partial charge >= 0.3 is 5.97 Å². The third-order valence-electron chi connectivity index (χ3n) is 3.55. The maximum absolute atomic E-state index is 13.1. The summed E-state index contributed by atoms with van der Waals surface area (Å²) in [6.07, 6.45) is 0. The van der Waals surface area contributed by atoms with Gasteiger partial charge in [-0.25, -0.2) is 9.18 Å². The monoisotopic (exact) mass is 412 g/mol. The van der Waals surface area contributed by atoms with Crippen LogP contribution in [0.15, 0.2) is 58.2 Å². The Bertz CT molecular complexity index is 1020. The molecule has 0 aliphatic rings. The highest BCUT2D eigenvalue weighted by Crippen LogP contribution is 2.24. The minimum Gasteiger partial charge on any atom is -0.494 e. The number of thioether (sulfide) groups is 1.